The Morgan fingerprint density at radius 1 is 1.21 bits per heavy atom. The molecule has 0 spiro atoms. The van der Waals surface area contributed by atoms with Gasteiger partial charge in [0, 0.05) is 24.8 Å². The lowest BCUT2D eigenvalue weighted by Crippen LogP contribution is -2.48. The third-order valence-corrected chi connectivity index (χ3v) is 6.18. The van der Waals surface area contributed by atoms with Gasteiger partial charge in [0.2, 0.25) is 11.8 Å². The first-order chi connectivity index (χ1) is 12.9. The molecule has 6 nitrogen and oxygen atoms in total. The van der Waals surface area contributed by atoms with Crippen molar-refractivity contribution in [2.24, 2.45) is 17.1 Å². The topological polar surface area (TPSA) is 93.5 Å². The average Bonchev–Trinajstić information content (AvgIpc) is 3.32. The van der Waals surface area contributed by atoms with Crippen LogP contribution in [-0.2, 0) is 14.3 Å². The summed E-state index contributed by atoms with van der Waals surface area (Å²) in [5.41, 5.74) is 8.34. The van der Waals surface area contributed by atoms with Gasteiger partial charge in [-0.2, -0.15) is 0 Å². The molecule has 2 fully saturated rings. The predicted molar refractivity (Wildman–Crippen MR) is 113 cm³/mol. The largest absolute Gasteiger partial charge is 0.368 e. The van der Waals surface area contributed by atoms with Crippen molar-refractivity contribution in [2.75, 3.05) is 25.0 Å². The zero-order valence-corrected chi connectivity index (χ0v) is 17.6. The SMILES string of the molecule is Cc1ccc(NC(=O)C2(CNC(=O)[C@@H]3OCC[C@@H]3CN)CCCC2)cc1C.Cl. The number of rotatable bonds is 6. The molecule has 28 heavy (non-hydrogen) atoms. The van der Waals surface area contributed by atoms with Gasteiger partial charge in [0.05, 0.1) is 5.41 Å². The number of hydrogen-bond acceptors (Lipinski definition) is 4. The lowest BCUT2D eigenvalue weighted by atomic mass is 9.84. The number of nitrogens with one attached hydrogen (secondary N) is 2. The maximum absolute atomic E-state index is 13.1. The summed E-state index contributed by atoms with van der Waals surface area (Å²) in [4.78, 5) is 25.6. The first-order valence-corrected chi connectivity index (χ1v) is 9.93. The first kappa shape index (κ1) is 22.7. The van der Waals surface area contributed by atoms with E-state index in [1.807, 2.05) is 25.1 Å². The van der Waals surface area contributed by atoms with Crippen LogP contribution in [0.3, 0.4) is 0 Å². The number of nitrogens with two attached hydrogens (primary N) is 1. The monoisotopic (exact) mass is 409 g/mol. The van der Waals surface area contributed by atoms with E-state index in [2.05, 4.69) is 17.6 Å². The molecule has 3 rings (SSSR count). The fraction of sp³-hybridized carbons (Fsp3) is 0.619. The summed E-state index contributed by atoms with van der Waals surface area (Å²) in [5, 5.41) is 6.04. The van der Waals surface area contributed by atoms with E-state index in [0.717, 1.165) is 43.4 Å². The minimum Gasteiger partial charge on any atom is -0.368 e. The zero-order valence-electron chi connectivity index (χ0n) is 16.8. The molecule has 1 aromatic carbocycles. The molecule has 1 aliphatic carbocycles. The Morgan fingerprint density at radius 3 is 2.57 bits per heavy atom. The van der Waals surface area contributed by atoms with Gasteiger partial charge in [-0.05, 0) is 62.9 Å². The summed E-state index contributed by atoms with van der Waals surface area (Å²) in [5.74, 6) is -0.0895. The molecule has 1 heterocycles. The molecule has 1 saturated heterocycles. The molecule has 0 bridgehead atoms. The summed E-state index contributed by atoms with van der Waals surface area (Å²) in [6.45, 7) is 5.44. The van der Waals surface area contributed by atoms with E-state index in [1.54, 1.807) is 0 Å². The van der Waals surface area contributed by atoms with Gasteiger partial charge in [-0.15, -0.1) is 12.4 Å². The Labute approximate surface area is 173 Å². The van der Waals surface area contributed by atoms with Gasteiger partial charge in [-0.25, -0.2) is 0 Å². The maximum atomic E-state index is 13.1. The Hall–Kier alpha value is -1.63. The standard InChI is InChI=1S/C21H31N3O3.ClH/c1-14-5-6-17(11-15(14)2)24-20(26)21(8-3-4-9-21)13-23-19(25)18-16(12-22)7-10-27-18;/h5-6,11,16,18H,3-4,7-10,12-13,22H2,1-2H3,(H,23,25)(H,24,26);1H/t16-,18-;/m1./s1. The van der Waals surface area contributed by atoms with Crippen LogP contribution in [0.2, 0.25) is 0 Å². The van der Waals surface area contributed by atoms with Crippen LogP contribution in [0.5, 0.6) is 0 Å². The molecule has 156 valence electrons. The van der Waals surface area contributed by atoms with Crippen LogP contribution in [0.15, 0.2) is 18.2 Å². The van der Waals surface area contributed by atoms with Crippen LogP contribution in [-0.4, -0.2) is 37.6 Å². The van der Waals surface area contributed by atoms with Gasteiger partial charge in [-0.1, -0.05) is 18.9 Å². The number of ether oxygens (including phenoxy) is 1. The fourth-order valence-corrected chi connectivity index (χ4v) is 4.14. The van der Waals surface area contributed by atoms with Crippen LogP contribution < -0.4 is 16.4 Å². The average molecular weight is 410 g/mol. The molecule has 0 unspecified atom stereocenters. The highest BCUT2D eigenvalue weighted by Gasteiger charge is 2.42. The molecule has 1 saturated carbocycles. The molecule has 7 heteroatoms. The normalized spacial score (nSPS) is 23.1. The second kappa shape index (κ2) is 9.72. The van der Waals surface area contributed by atoms with Crippen molar-refractivity contribution in [2.45, 2.75) is 52.1 Å². The Balaban J connectivity index is 0.00000280. The Morgan fingerprint density at radius 2 is 1.93 bits per heavy atom. The van der Waals surface area contributed by atoms with Crippen LogP contribution in [0, 0.1) is 25.2 Å². The highest BCUT2D eigenvalue weighted by Crippen LogP contribution is 2.39. The summed E-state index contributed by atoms with van der Waals surface area (Å²) in [6, 6.07) is 5.94. The van der Waals surface area contributed by atoms with E-state index in [-0.39, 0.29) is 30.1 Å². The van der Waals surface area contributed by atoms with Gasteiger partial charge in [0.25, 0.3) is 0 Å². The van der Waals surface area contributed by atoms with Crippen molar-refractivity contribution in [3.05, 3.63) is 29.3 Å². The molecule has 0 aromatic heterocycles. The first-order valence-electron chi connectivity index (χ1n) is 9.93. The van der Waals surface area contributed by atoms with Crippen LogP contribution in [0.1, 0.15) is 43.2 Å². The van der Waals surface area contributed by atoms with Crippen LogP contribution in [0.25, 0.3) is 0 Å². The van der Waals surface area contributed by atoms with Gasteiger partial charge in [0.1, 0.15) is 6.10 Å². The summed E-state index contributed by atoms with van der Waals surface area (Å²) < 4.78 is 5.55. The summed E-state index contributed by atoms with van der Waals surface area (Å²) in [7, 11) is 0. The van der Waals surface area contributed by atoms with Crippen molar-refractivity contribution in [1.29, 1.82) is 0 Å². The van der Waals surface area contributed by atoms with Crippen molar-refractivity contribution in [1.82, 2.24) is 5.32 Å². The zero-order chi connectivity index (χ0) is 19.4. The van der Waals surface area contributed by atoms with Crippen molar-refractivity contribution >= 4 is 29.9 Å². The second-order valence-corrected chi connectivity index (χ2v) is 8.03. The van der Waals surface area contributed by atoms with Crippen molar-refractivity contribution < 1.29 is 14.3 Å². The Kier molecular flexibility index (Phi) is 7.87. The third kappa shape index (κ3) is 4.85. The quantitative estimate of drug-likeness (QED) is 0.673. The molecule has 2 atom stereocenters. The van der Waals surface area contributed by atoms with E-state index in [1.165, 1.54) is 5.56 Å². The number of hydrogen-bond donors (Lipinski definition) is 3. The van der Waals surface area contributed by atoms with E-state index < -0.39 is 11.5 Å². The third-order valence-electron chi connectivity index (χ3n) is 6.18. The molecule has 4 N–H and O–H groups in total. The molecule has 1 aliphatic heterocycles. The number of amides is 2. The van der Waals surface area contributed by atoms with Gasteiger partial charge in [-0.3, -0.25) is 9.59 Å². The van der Waals surface area contributed by atoms with Gasteiger partial charge in [0.15, 0.2) is 0 Å². The number of aryl methyl sites for hydroxylation is 2. The van der Waals surface area contributed by atoms with Crippen LogP contribution >= 0.6 is 12.4 Å². The highest BCUT2D eigenvalue weighted by atomic mass is 35.5. The van der Waals surface area contributed by atoms with E-state index in [4.69, 9.17) is 10.5 Å². The minimum atomic E-state index is -0.550. The predicted octanol–water partition coefficient (Wildman–Crippen LogP) is 2.70. The fourth-order valence-electron chi connectivity index (χ4n) is 4.14. The van der Waals surface area contributed by atoms with Crippen molar-refractivity contribution in [3.8, 4) is 0 Å². The molecule has 2 amide bonds. The number of carbonyl (C=O) groups is 2. The maximum Gasteiger partial charge on any atom is 0.249 e. The van der Waals surface area contributed by atoms with Gasteiger partial charge < -0.3 is 21.1 Å². The lowest BCUT2D eigenvalue weighted by Gasteiger charge is -2.29. The minimum absolute atomic E-state index is 0. The van der Waals surface area contributed by atoms with E-state index >= 15 is 0 Å². The Bertz CT molecular complexity index is 704. The van der Waals surface area contributed by atoms with Crippen LogP contribution in [0.4, 0.5) is 5.69 Å². The van der Waals surface area contributed by atoms with Gasteiger partial charge >= 0.3 is 0 Å². The number of anilines is 1. The summed E-state index contributed by atoms with van der Waals surface area (Å²) in [6.07, 6.45) is 3.90. The smallest absolute Gasteiger partial charge is 0.249 e. The molecule has 1 aromatic rings. The number of benzene rings is 1. The molecule has 0 radical (unpaired) electrons. The lowest BCUT2D eigenvalue weighted by molar-refractivity contribution is -0.133. The second-order valence-electron chi connectivity index (χ2n) is 8.03. The summed E-state index contributed by atoms with van der Waals surface area (Å²) >= 11 is 0. The molecular formula is C21H32ClN3O3. The van der Waals surface area contributed by atoms with E-state index in [0.29, 0.717) is 19.7 Å². The molecular weight excluding hydrogens is 378 g/mol. The number of halogens is 1. The van der Waals surface area contributed by atoms with E-state index in [9.17, 15) is 9.59 Å². The highest BCUT2D eigenvalue weighted by molar-refractivity contribution is 5.96. The van der Waals surface area contributed by atoms with Crippen molar-refractivity contribution in [3.63, 3.8) is 0 Å². The number of carbonyl (C=O) groups excluding carboxylic acids is 2. The molecule has 2 aliphatic rings.